The monoisotopic (exact) mass is 302 g/mol. The first-order chi connectivity index (χ1) is 10.7. The Kier molecular flexibility index (Phi) is 6.01. The lowest BCUT2D eigenvalue weighted by Crippen LogP contribution is -2.41. The number of allylic oxidation sites excluding steroid dienone is 1. The number of hydrogen-bond acceptors (Lipinski definition) is 3. The molecule has 0 spiro atoms. The molecule has 1 heterocycles. The van der Waals surface area contributed by atoms with Gasteiger partial charge in [0.05, 0.1) is 7.11 Å². The zero-order valence-electron chi connectivity index (χ0n) is 13.8. The van der Waals surface area contributed by atoms with E-state index in [9.17, 15) is 4.79 Å². The molecule has 1 amide bonds. The first-order valence-electron chi connectivity index (χ1n) is 7.91. The minimum Gasteiger partial charge on any atom is -0.496 e. The number of carbonyl (C=O) groups excluding carboxylic acids is 1. The fraction of sp³-hybridized carbons (Fsp3) is 0.500. The second-order valence-electron chi connectivity index (χ2n) is 5.88. The highest BCUT2D eigenvalue weighted by atomic mass is 16.5. The average Bonchev–Trinajstić information content (AvgIpc) is 2.55. The number of para-hydroxylation sites is 1. The number of nitrogens with zero attached hydrogens (tertiary/aromatic N) is 1. The van der Waals surface area contributed by atoms with Gasteiger partial charge in [-0.15, -0.1) is 0 Å². The Bertz CT molecular complexity index is 538. The van der Waals surface area contributed by atoms with Crippen molar-refractivity contribution in [3.8, 4) is 5.75 Å². The summed E-state index contributed by atoms with van der Waals surface area (Å²) in [6.07, 6.45) is 4.01. The van der Waals surface area contributed by atoms with E-state index in [-0.39, 0.29) is 5.91 Å². The Morgan fingerprint density at radius 3 is 2.95 bits per heavy atom. The molecule has 1 unspecified atom stereocenters. The zero-order valence-corrected chi connectivity index (χ0v) is 13.8. The largest absolute Gasteiger partial charge is 0.496 e. The summed E-state index contributed by atoms with van der Waals surface area (Å²) in [6.45, 7) is 4.63. The van der Waals surface area contributed by atoms with Crippen LogP contribution in [0.25, 0.3) is 5.57 Å². The third-order valence-electron chi connectivity index (χ3n) is 4.20. The maximum absolute atomic E-state index is 12.5. The summed E-state index contributed by atoms with van der Waals surface area (Å²) in [7, 11) is 3.62. The summed E-state index contributed by atoms with van der Waals surface area (Å²) in [6, 6.07) is 7.80. The Morgan fingerprint density at radius 1 is 1.45 bits per heavy atom. The van der Waals surface area contributed by atoms with Gasteiger partial charge in [0.1, 0.15) is 5.75 Å². The van der Waals surface area contributed by atoms with Gasteiger partial charge < -0.3 is 15.0 Å². The molecular formula is C18H26N2O2. The van der Waals surface area contributed by atoms with Gasteiger partial charge in [-0.3, -0.25) is 4.79 Å². The third-order valence-corrected chi connectivity index (χ3v) is 4.20. The molecule has 120 valence electrons. The molecule has 4 nitrogen and oxygen atoms in total. The molecule has 0 bridgehead atoms. The van der Waals surface area contributed by atoms with Crippen molar-refractivity contribution in [2.45, 2.75) is 19.8 Å². The predicted octanol–water partition coefficient (Wildman–Crippen LogP) is 2.56. The molecule has 1 fully saturated rings. The Morgan fingerprint density at radius 2 is 2.23 bits per heavy atom. The van der Waals surface area contributed by atoms with E-state index in [1.54, 1.807) is 13.2 Å². The van der Waals surface area contributed by atoms with Crippen LogP contribution in [0.15, 0.2) is 30.3 Å². The van der Waals surface area contributed by atoms with Gasteiger partial charge in [0, 0.05) is 24.7 Å². The van der Waals surface area contributed by atoms with Crippen LogP contribution in [0.2, 0.25) is 0 Å². The fourth-order valence-electron chi connectivity index (χ4n) is 3.05. The van der Waals surface area contributed by atoms with Gasteiger partial charge in [-0.25, -0.2) is 0 Å². The normalized spacial score (nSPS) is 19.1. The molecule has 1 aliphatic heterocycles. The van der Waals surface area contributed by atoms with E-state index in [0.717, 1.165) is 42.9 Å². The maximum Gasteiger partial charge on any atom is 0.246 e. The molecule has 1 aromatic rings. The molecule has 0 saturated carbocycles. The minimum atomic E-state index is 0.101. The standard InChI is InChI=1S/C18H26N2O2/c1-14(16-8-4-5-9-17(16)22-3)11-18(21)20-10-6-7-15(13-20)12-19-2/h4-5,8-9,11,15,19H,6-7,10,12-13H2,1-3H3. The lowest BCUT2D eigenvalue weighted by Gasteiger charge is -2.32. The van der Waals surface area contributed by atoms with Crippen LogP contribution in [-0.2, 0) is 4.79 Å². The van der Waals surface area contributed by atoms with Crippen LogP contribution < -0.4 is 10.1 Å². The van der Waals surface area contributed by atoms with E-state index < -0.39 is 0 Å². The van der Waals surface area contributed by atoms with Crippen LogP contribution in [0.4, 0.5) is 0 Å². The number of carbonyl (C=O) groups is 1. The fourth-order valence-corrected chi connectivity index (χ4v) is 3.05. The van der Waals surface area contributed by atoms with Crippen LogP contribution in [0.1, 0.15) is 25.3 Å². The lowest BCUT2D eigenvalue weighted by atomic mass is 9.97. The van der Waals surface area contributed by atoms with Crippen LogP contribution in [0.5, 0.6) is 5.75 Å². The van der Waals surface area contributed by atoms with Gasteiger partial charge in [0.15, 0.2) is 0 Å². The number of methoxy groups -OCH3 is 1. The van der Waals surface area contributed by atoms with Crippen molar-refractivity contribution in [1.82, 2.24) is 10.2 Å². The molecule has 0 aromatic heterocycles. The van der Waals surface area contributed by atoms with Gasteiger partial charge in [-0.05, 0) is 50.9 Å². The highest BCUT2D eigenvalue weighted by Crippen LogP contribution is 2.25. The first kappa shape index (κ1) is 16.6. The third kappa shape index (κ3) is 4.10. The predicted molar refractivity (Wildman–Crippen MR) is 89.9 cm³/mol. The molecule has 0 aliphatic carbocycles. The number of likely N-dealkylation sites (tertiary alicyclic amines) is 1. The van der Waals surface area contributed by atoms with Crippen molar-refractivity contribution in [2.75, 3.05) is 33.8 Å². The number of benzene rings is 1. The number of hydrogen-bond donors (Lipinski definition) is 1. The van der Waals surface area contributed by atoms with Crippen LogP contribution >= 0.6 is 0 Å². The quantitative estimate of drug-likeness (QED) is 0.850. The van der Waals surface area contributed by atoms with E-state index in [1.807, 2.05) is 43.1 Å². The zero-order chi connectivity index (χ0) is 15.9. The molecule has 22 heavy (non-hydrogen) atoms. The summed E-state index contributed by atoms with van der Waals surface area (Å²) in [5, 5.41) is 3.21. The summed E-state index contributed by atoms with van der Waals surface area (Å²) in [5.41, 5.74) is 1.92. The van der Waals surface area contributed by atoms with Crippen molar-refractivity contribution in [3.05, 3.63) is 35.9 Å². The summed E-state index contributed by atoms with van der Waals surface area (Å²) < 4.78 is 5.37. The van der Waals surface area contributed by atoms with Gasteiger partial charge in [0.2, 0.25) is 5.91 Å². The number of amides is 1. The molecule has 1 N–H and O–H groups in total. The van der Waals surface area contributed by atoms with Crippen LogP contribution in [-0.4, -0.2) is 44.6 Å². The maximum atomic E-state index is 12.5. The van der Waals surface area contributed by atoms with Crippen molar-refractivity contribution in [1.29, 1.82) is 0 Å². The second-order valence-corrected chi connectivity index (χ2v) is 5.88. The molecule has 0 radical (unpaired) electrons. The van der Waals surface area contributed by atoms with E-state index in [2.05, 4.69) is 5.32 Å². The molecule has 2 rings (SSSR count). The number of ether oxygens (including phenoxy) is 1. The van der Waals surface area contributed by atoms with E-state index in [1.165, 1.54) is 6.42 Å². The van der Waals surface area contributed by atoms with Gasteiger partial charge >= 0.3 is 0 Å². The molecule has 1 atom stereocenters. The van der Waals surface area contributed by atoms with Crippen molar-refractivity contribution in [3.63, 3.8) is 0 Å². The number of rotatable bonds is 5. The van der Waals surface area contributed by atoms with Crippen molar-refractivity contribution < 1.29 is 9.53 Å². The van der Waals surface area contributed by atoms with Gasteiger partial charge in [-0.2, -0.15) is 0 Å². The Balaban J connectivity index is 2.09. The van der Waals surface area contributed by atoms with Gasteiger partial charge in [-0.1, -0.05) is 18.2 Å². The van der Waals surface area contributed by atoms with Crippen molar-refractivity contribution in [2.24, 2.45) is 5.92 Å². The Hall–Kier alpha value is -1.81. The lowest BCUT2D eigenvalue weighted by molar-refractivity contribution is -0.127. The average molecular weight is 302 g/mol. The SMILES string of the molecule is CNCC1CCCN(C(=O)C=C(C)c2ccccc2OC)C1. The number of piperidine rings is 1. The van der Waals surface area contributed by atoms with Crippen LogP contribution in [0, 0.1) is 5.92 Å². The molecular weight excluding hydrogens is 276 g/mol. The second kappa shape index (κ2) is 7.99. The molecule has 4 heteroatoms. The molecule has 1 saturated heterocycles. The van der Waals surface area contributed by atoms with Crippen molar-refractivity contribution >= 4 is 11.5 Å². The van der Waals surface area contributed by atoms with E-state index in [4.69, 9.17) is 4.74 Å². The van der Waals surface area contributed by atoms with Crippen LogP contribution in [0.3, 0.4) is 0 Å². The highest BCUT2D eigenvalue weighted by Gasteiger charge is 2.22. The minimum absolute atomic E-state index is 0.101. The number of nitrogens with one attached hydrogen (secondary N) is 1. The topological polar surface area (TPSA) is 41.6 Å². The Labute approximate surface area is 133 Å². The van der Waals surface area contributed by atoms with E-state index >= 15 is 0 Å². The smallest absolute Gasteiger partial charge is 0.246 e. The molecule has 1 aromatic carbocycles. The summed E-state index contributed by atoms with van der Waals surface area (Å²) >= 11 is 0. The summed E-state index contributed by atoms with van der Waals surface area (Å²) in [5.74, 6) is 1.46. The highest BCUT2D eigenvalue weighted by molar-refractivity contribution is 5.95. The van der Waals surface area contributed by atoms with E-state index in [0.29, 0.717) is 5.92 Å². The van der Waals surface area contributed by atoms with Gasteiger partial charge in [0.25, 0.3) is 0 Å². The molecule has 1 aliphatic rings. The summed E-state index contributed by atoms with van der Waals surface area (Å²) in [4.78, 5) is 14.5. The first-order valence-corrected chi connectivity index (χ1v) is 7.91.